The normalized spacial score (nSPS) is 15.9. The smallest absolute Gasteiger partial charge is 0.243 e. The molecule has 8 nitrogen and oxygen atoms in total. The molecule has 0 radical (unpaired) electrons. The van der Waals surface area contributed by atoms with Crippen LogP contribution in [0.4, 0.5) is 0 Å². The molecule has 1 aliphatic heterocycles. The van der Waals surface area contributed by atoms with E-state index >= 15 is 0 Å². The lowest BCUT2D eigenvalue weighted by molar-refractivity contribution is -0.141. The maximum absolute atomic E-state index is 14.1. The first-order chi connectivity index (χ1) is 22.8. The zero-order chi connectivity index (χ0) is 33.1. The lowest BCUT2D eigenvalue weighted by Gasteiger charge is -2.32. The second kappa shape index (κ2) is 16.7. The molecule has 1 heterocycles. The molecule has 2 amide bonds. The van der Waals surface area contributed by atoms with Crippen molar-refractivity contribution in [3.63, 3.8) is 0 Å². The summed E-state index contributed by atoms with van der Waals surface area (Å²) in [6.45, 7) is 1.91. The van der Waals surface area contributed by atoms with Gasteiger partial charge in [-0.1, -0.05) is 66.2 Å². The van der Waals surface area contributed by atoms with Crippen molar-refractivity contribution in [1.29, 1.82) is 0 Å². The minimum atomic E-state index is -3.50. The third kappa shape index (κ3) is 9.55. The van der Waals surface area contributed by atoms with Gasteiger partial charge in [-0.15, -0.1) is 0 Å². The third-order valence-corrected chi connectivity index (χ3v) is 11.1. The number of rotatable bonds is 15. The van der Waals surface area contributed by atoms with Crippen molar-refractivity contribution < 1.29 is 22.7 Å². The van der Waals surface area contributed by atoms with Gasteiger partial charge in [0.15, 0.2) is 0 Å². The number of benzene rings is 3. The van der Waals surface area contributed by atoms with Gasteiger partial charge >= 0.3 is 0 Å². The predicted octanol–water partition coefficient (Wildman–Crippen LogP) is 6.06. The van der Waals surface area contributed by atoms with E-state index in [9.17, 15) is 18.0 Å². The Bertz CT molecular complexity index is 1600. The second-order valence-corrected chi connectivity index (χ2v) is 14.4. The summed E-state index contributed by atoms with van der Waals surface area (Å²) in [4.78, 5) is 30.0. The maximum atomic E-state index is 14.1. The van der Waals surface area contributed by atoms with Crippen LogP contribution in [0.3, 0.4) is 0 Å². The SMILES string of the molecule is COc1ccc(CN(C(=O)CCc2ccc(S(=O)(=O)N3CCCC3)cc2)[C@@H](Cc2ccccc2)C(=O)NCCC2=CCCCC2)cc1. The molecule has 3 aromatic carbocycles. The van der Waals surface area contributed by atoms with Gasteiger partial charge in [0.25, 0.3) is 0 Å². The largest absolute Gasteiger partial charge is 0.497 e. The van der Waals surface area contributed by atoms with Crippen LogP contribution < -0.4 is 10.1 Å². The van der Waals surface area contributed by atoms with E-state index in [-0.39, 0.29) is 29.7 Å². The predicted molar refractivity (Wildman–Crippen MR) is 184 cm³/mol. The van der Waals surface area contributed by atoms with Crippen molar-refractivity contribution in [3.8, 4) is 5.75 Å². The Labute approximate surface area is 279 Å². The van der Waals surface area contributed by atoms with Crippen LogP contribution in [0.15, 0.2) is 95.4 Å². The molecule has 3 aromatic rings. The summed E-state index contributed by atoms with van der Waals surface area (Å²) in [5, 5.41) is 3.15. The number of carbonyl (C=O) groups excluding carboxylic acids is 2. The van der Waals surface area contributed by atoms with Crippen molar-refractivity contribution >= 4 is 21.8 Å². The van der Waals surface area contributed by atoms with Gasteiger partial charge in [0.1, 0.15) is 11.8 Å². The van der Waals surface area contributed by atoms with Gasteiger partial charge in [0.2, 0.25) is 21.8 Å². The van der Waals surface area contributed by atoms with Crippen LogP contribution in [0.1, 0.15) is 68.1 Å². The first kappa shape index (κ1) is 34.4. The van der Waals surface area contributed by atoms with Gasteiger partial charge in [-0.25, -0.2) is 8.42 Å². The molecule has 1 N–H and O–H groups in total. The summed E-state index contributed by atoms with van der Waals surface area (Å²) in [6.07, 6.45) is 10.5. The molecule has 1 aliphatic carbocycles. The molecule has 1 saturated heterocycles. The van der Waals surface area contributed by atoms with Gasteiger partial charge in [-0.2, -0.15) is 4.31 Å². The molecule has 9 heteroatoms. The summed E-state index contributed by atoms with van der Waals surface area (Å²) < 4.78 is 32.8. The minimum absolute atomic E-state index is 0.138. The maximum Gasteiger partial charge on any atom is 0.243 e. The number of hydrogen-bond acceptors (Lipinski definition) is 5. The second-order valence-electron chi connectivity index (χ2n) is 12.5. The van der Waals surface area contributed by atoms with Crippen LogP contribution in [-0.4, -0.2) is 62.2 Å². The zero-order valence-corrected chi connectivity index (χ0v) is 28.2. The van der Waals surface area contributed by atoms with Crippen LogP contribution >= 0.6 is 0 Å². The molecule has 0 saturated carbocycles. The van der Waals surface area contributed by atoms with Crippen molar-refractivity contribution in [3.05, 3.63) is 107 Å². The summed E-state index contributed by atoms with van der Waals surface area (Å²) >= 11 is 0. The van der Waals surface area contributed by atoms with E-state index in [2.05, 4.69) is 11.4 Å². The van der Waals surface area contributed by atoms with E-state index in [4.69, 9.17) is 4.74 Å². The van der Waals surface area contributed by atoms with E-state index in [0.717, 1.165) is 54.5 Å². The van der Waals surface area contributed by atoms with E-state index < -0.39 is 16.1 Å². The minimum Gasteiger partial charge on any atom is -0.497 e. The van der Waals surface area contributed by atoms with Crippen molar-refractivity contribution in [1.82, 2.24) is 14.5 Å². The average molecular weight is 658 g/mol. The van der Waals surface area contributed by atoms with Crippen LogP contribution in [0.25, 0.3) is 0 Å². The Morgan fingerprint density at radius 2 is 1.55 bits per heavy atom. The van der Waals surface area contributed by atoms with Crippen LogP contribution in [0.5, 0.6) is 5.75 Å². The molecule has 0 aromatic heterocycles. The molecular weight excluding hydrogens is 611 g/mol. The standard InChI is InChI=1S/C38H47N3O5S/c1-46-34-19-14-33(15-20-34)29-41(37(42)23-18-31-16-21-35(22-17-31)47(44,45)40-26-8-9-27-40)36(28-32-12-6-3-7-13-32)38(43)39-25-24-30-10-4-2-5-11-30/h3,6-7,10,12-17,19-22,36H,2,4-5,8-9,11,18,23-29H2,1H3,(H,39,43)/t36-/m0/s1. The Hall–Kier alpha value is -3.95. The number of nitrogens with one attached hydrogen (secondary N) is 1. The molecule has 0 unspecified atom stereocenters. The van der Waals surface area contributed by atoms with E-state index in [1.807, 2.05) is 54.6 Å². The van der Waals surface area contributed by atoms with E-state index in [0.29, 0.717) is 32.5 Å². The highest BCUT2D eigenvalue weighted by molar-refractivity contribution is 7.89. The number of allylic oxidation sites excluding steroid dienone is 1. The van der Waals surface area contributed by atoms with E-state index in [1.54, 1.807) is 36.3 Å². The Morgan fingerprint density at radius 3 is 2.21 bits per heavy atom. The average Bonchev–Trinajstić information content (AvgIpc) is 3.67. The highest BCUT2D eigenvalue weighted by Gasteiger charge is 2.31. The topological polar surface area (TPSA) is 96.0 Å². The Kier molecular flexibility index (Phi) is 12.3. The van der Waals surface area contributed by atoms with Crippen molar-refractivity contribution in [2.75, 3.05) is 26.7 Å². The van der Waals surface area contributed by atoms with Gasteiger partial charge in [-0.3, -0.25) is 9.59 Å². The molecule has 47 heavy (non-hydrogen) atoms. The number of ether oxygens (including phenoxy) is 1. The highest BCUT2D eigenvalue weighted by atomic mass is 32.2. The number of amides is 2. The first-order valence-corrected chi connectivity index (χ1v) is 18.3. The lowest BCUT2D eigenvalue weighted by atomic mass is 9.97. The highest BCUT2D eigenvalue weighted by Crippen LogP contribution is 2.23. The van der Waals surface area contributed by atoms with Crippen LogP contribution in [0, 0.1) is 0 Å². The van der Waals surface area contributed by atoms with Gasteiger partial charge < -0.3 is 15.0 Å². The fourth-order valence-corrected chi connectivity index (χ4v) is 7.89. The first-order valence-electron chi connectivity index (χ1n) is 16.8. The third-order valence-electron chi connectivity index (χ3n) is 9.17. The van der Waals surface area contributed by atoms with Gasteiger partial charge in [0.05, 0.1) is 12.0 Å². The Balaban J connectivity index is 1.34. The molecule has 1 atom stereocenters. The monoisotopic (exact) mass is 657 g/mol. The number of sulfonamides is 1. The fourth-order valence-electron chi connectivity index (χ4n) is 6.38. The number of hydrogen-bond donors (Lipinski definition) is 1. The molecule has 250 valence electrons. The molecule has 1 fully saturated rings. The van der Waals surface area contributed by atoms with Crippen molar-refractivity contribution in [2.24, 2.45) is 0 Å². The lowest BCUT2D eigenvalue weighted by Crippen LogP contribution is -2.50. The van der Waals surface area contributed by atoms with Gasteiger partial charge in [0, 0.05) is 39.0 Å². The summed E-state index contributed by atoms with van der Waals surface area (Å²) in [7, 11) is -1.89. The summed E-state index contributed by atoms with van der Waals surface area (Å²) in [6, 6.07) is 23.5. The quantitative estimate of drug-likeness (QED) is 0.201. The molecule has 2 aliphatic rings. The number of carbonyl (C=O) groups is 2. The molecular formula is C38H47N3O5S. The number of aryl methyl sites for hydroxylation is 1. The number of methoxy groups -OCH3 is 1. The Morgan fingerprint density at radius 1 is 0.851 bits per heavy atom. The van der Waals surface area contributed by atoms with Crippen LogP contribution in [0.2, 0.25) is 0 Å². The fraction of sp³-hybridized carbons (Fsp3) is 0.421. The van der Waals surface area contributed by atoms with Gasteiger partial charge in [-0.05, 0) is 92.3 Å². The van der Waals surface area contributed by atoms with E-state index in [1.165, 1.54) is 22.7 Å². The summed E-state index contributed by atoms with van der Waals surface area (Å²) in [5.74, 6) is 0.418. The summed E-state index contributed by atoms with van der Waals surface area (Å²) in [5.41, 5.74) is 4.13. The molecule has 0 spiro atoms. The molecule has 5 rings (SSSR count). The number of nitrogens with zero attached hydrogens (tertiary/aromatic N) is 2. The van der Waals surface area contributed by atoms with Crippen molar-refractivity contribution in [2.45, 2.75) is 81.7 Å². The molecule has 0 bridgehead atoms. The van der Waals surface area contributed by atoms with Crippen LogP contribution in [-0.2, 0) is 39.0 Å². The zero-order valence-electron chi connectivity index (χ0n) is 27.4.